The van der Waals surface area contributed by atoms with Gasteiger partial charge in [-0.2, -0.15) is 0 Å². The number of hydrogen-bond acceptors (Lipinski definition) is 7. The third-order valence-corrected chi connectivity index (χ3v) is 5.39. The SMILES string of the molecule is COCCCN1C(=O)c2ccc(C(=O)OCC(=O)Nc3ccc(Oc4ccccc4)cc3)cc2C1=O. The molecule has 1 heterocycles. The minimum absolute atomic E-state index is 0.0730. The van der Waals surface area contributed by atoms with Crippen LogP contribution in [-0.2, 0) is 14.3 Å². The highest BCUT2D eigenvalue weighted by molar-refractivity contribution is 6.22. The van der Waals surface area contributed by atoms with Crippen molar-refractivity contribution in [2.24, 2.45) is 0 Å². The smallest absolute Gasteiger partial charge is 0.338 e. The van der Waals surface area contributed by atoms with E-state index in [1.54, 1.807) is 24.3 Å². The van der Waals surface area contributed by atoms with Crippen molar-refractivity contribution < 1.29 is 33.4 Å². The number of methoxy groups -OCH3 is 1. The average molecular weight is 488 g/mol. The van der Waals surface area contributed by atoms with Crippen molar-refractivity contribution in [2.75, 3.05) is 32.2 Å². The zero-order valence-corrected chi connectivity index (χ0v) is 19.6. The van der Waals surface area contributed by atoms with Crippen LogP contribution in [0.3, 0.4) is 0 Å². The molecule has 0 atom stereocenters. The summed E-state index contributed by atoms with van der Waals surface area (Å²) in [5.41, 5.74) is 0.941. The molecular weight excluding hydrogens is 464 g/mol. The van der Waals surface area contributed by atoms with Crippen LogP contribution >= 0.6 is 0 Å². The summed E-state index contributed by atoms with van der Waals surface area (Å²) in [5, 5.41) is 2.64. The Kier molecular flexibility index (Phi) is 7.72. The third-order valence-electron chi connectivity index (χ3n) is 5.39. The highest BCUT2D eigenvalue weighted by Crippen LogP contribution is 2.25. The van der Waals surface area contributed by atoms with Gasteiger partial charge in [0.1, 0.15) is 11.5 Å². The molecule has 1 N–H and O–H groups in total. The molecule has 0 unspecified atom stereocenters. The molecule has 1 aliphatic heterocycles. The Morgan fingerprint density at radius 2 is 1.56 bits per heavy atom. The van der Waals surface area contributed by atoms with Crippen molar-refractivity contribution in [3.8, 4) is 11.5 Å². The fraction of sp³-hybridized carbons (Fsp3) is 0.185. The van der Waals surface area contributed by atoms with Gasteiger partial charge < -0.3 is 19.5 Å². The second kappa shape index (κ2) is 11.3. The van der Waals surface area contributed by atoms with E-state index in [2.05, 4.69) is 5.32 Å². The van der Waals surface area contributed by atoms with Crippen LogP contribution in [0.5, 0.6) is 11.5 Å². The van der Waals surface area contributed by atoms with Gasteiger partial charge in [-0.3, -0.25) is 19.3 Å². The van der Waals surface area contributed by atoms with Gasteiger partial charge in [-0.05, 0) is 61.0 Å². The molecule has 0 saturated carbocycles. The Balaban J connectivity index is 1.30. The molecule has 36 heavy (non-hydrogen) atoms. The molecule has 3 aromatic carbocycles. The van der Waals surface area contributed by atoms with Crippen LogP contribution in [0.4, 0.5) is 5.69 Å². The van der Waals surface area contributed by atoms with E-state index in [0.717, 1.165) is 4.90 Å². The summed E-state index contributed by atoms with van der Waals surface area (Å²) in [5.74, 6) is -0.900. The summed E-state index contributed by atoms with van der Waals surface area (Å²) in [4.78, 5) is 50.9. The molecule has 1 aliphatic rings. The van der Waals surface area contributed by atoms with E-state index in [-0.39, 0.29) is 23.2 Å². The second-order valence-corrected chi connectivity index (χ2v) is 7.93. The Labute approximate surface area is 207 Å². The highest BCUT2D eigenvalue weighted by atomic mass is 16.5. The molecule has 0 saturated heterocycles. The normalized spacial score (nSPS) is 12.3. The van der Waals surface area contributed by atoms with E-state index in [4.69, 9.17) is 14.2 Å². The van der Waals surface area contributed by atoms with E-state index >= 15 is 0 Å². The molecule has 0 radical (unpaired) electrons. The monoisotopic (exact) mass is 488 g/mol. The molecule has 184 valence electrons. The predicted octanol–water partition coefficient (Wildman–Crippen LogP) is 3.91. The number of esters is 1. The van der Waals surface area contributed by atoms with E-state index in [0.29, 0.717) is 30.2 Å². The number of nitrogens with one attached hydrogen (secondary N) is 1. The number of benzene rings is 3. The summed E-state index contributed by atoms with van der Waals surface area (Å²) in [6.45, 7) is 0.117. The van der Waals surface area contributed by atoms with Gasteiger partial charge in [-0.1, -0.05) is 18.2 Å². The molecule has 0 bridgehead atoms. The van der Waals surface area contributed by atoms with E-state index < -0.39 is 30.3 Å². The van der Waals surface area contributed by atoms with Gasteiger partial charge in [0.25, 0.3) is 17.7 Å². The minimum Gasteiger partial charge on any atom is -0.457 e. The molecule has 3 aromatic rings. The number of carbonyl (C=O) groups is 4. The summed E-state index contributed by atoms with van der Waals surface area (Å²) in [7, 11) is 1.54. The van der Waals surface area contributed by atoms with Crippen LogP contribution < -0.4 is 10.1 Å². The highest BCUT2D eigenvalue weighted by Gasteiger charge is 2.35. The zero-order valence-electron chi connectivity index (χ0n) is 19.6. The largest absolute Gasteiger partial charge is 0.457 e. The first-order chi connectivity index (χ1) is 17.5. The van der Waals surface area contributed by atoms with Crippen molar-refractivity contribution in [2.45, 2.75) is 6.42 Å². The number of imide groups is 1. The number of rotatable bonds is 10. The Morgan fingerprint density at radius 1 is 0.861 bits per heavy atom. The number of carbonyl (C=O) groups excluding carboxylic acids is 4. The second-order valence-electron chi connectivity index (χ2n) is 7.93. The lowest BCUT2D eigenvalue weighted by Gasteiger charge is -2.12. The van der Waals surface area contributed by atoms with Gasteiger partial charge in [0.15, 0.2) is 6.61 Å². The lowest BCUT2D eigenvalue weighted by Crippen LogP contribution is -2.31. The molecular formula is C27H24N2O7. The maximum Gasteiger partial charge on any atom is 0.338 e. The number of ether oxygens (including phenoxy) is 3. The zero-order chi connectivity index (χ0) is 25.5. The molecule has 0 spiro atoms. The molecule has 9 heteroatoms. The fourth-order valence-electron chi connectivity index (χ4n) is 3.63. The number of anilines is 1. The van der Waals surface area contributed by atoms with Crippen LogP contribution in [0.25, 0.3) is 0 Å². The summed E-state index contributed by atoms with van der Waals surface area (Å²) in [6, 6.07) is 20.2. The fourth-order valence-corrected chi connectivity index (χ4v) is 3.63. The van der Waals surface area contributed by atoms with E-state index in [9.17, 15) is 19.2 Å². The van der Waals surface area contributed by atoms with Crippen molar-refractivity contribution in [3.63, 3.8) is 0 Å². The first-order valence-electron chi connectivity index (χ1n) is 11.3. The molecule has 0 aromatic heterocycles. The summed E-state index contributed by atoms with van der Waals surface area (Å²) < 4.78 is 15.8. The van der Waals surface area contributed by atoms with Gasteiger partial charge in [0, 0.05) is 25.9 Å². The molecule has 4 rings (SSSR count). The molecule has 0 aliphatic carbocycles. The van der Waals surface area contributed by atoms with Gasteiger partial charge in [0.2, 0.25) is 0 Å². The standard InChI is InChI=1S/C27H24N2O7/c1-34-15-5-14-29-25(31)22-13-8-18(16-23(22)26(29)32)27(33)35-17-24(30)28-19-9-11-21(12-10-19)36-20-6-3-2-4-7-20/h2-4,6-13,16H,5,14-15,17H2,1H3,(H,28,30). The minimum atomic E-state index is -0.780. The first-order valence-corrected chi connectivity index (χ1v) is 11.3. The number of nitrogens with zero attached hydrogens (tertiary/aromatic N) is 1. The van der Waals surface area contributed by atoms with Crippen LogP contribution in [0.15, 0.2) is 72.8 Å². The van der Waals surface area contributed by atoms with Gasteiger partial charge >= 0.3 is 5.97 Å². The first kappa shape index (κ1) is 24.6. The van der Waals surface area contributed by atoms with Crippen molar-refractivity contribution in [1.29, 1.82) is 0 Å². The van der Waals surface area contributed by atoms with Crippen LogP contribution in [-0.4, -0.2) is 55.5 Å². The lowest BCUT2D eigenvalue weighted by atomic mass is 10.1. The molecule has 9 nitrogen and oxygen atoms in total. The van der Waals surface area contributed by atoms with Crippen molar-refractivity contribution in [1.82, 2.24) is 4.90 Å². The Morgan fingerprint density at radius 3 is 2.28 bits per heavy atom. The van der Waals surface area contributed by atoms with Crippen LogP contribution in [0.1, 0.15) is 37.5 Å². The van der Waals surface area contributed by atoms with Gasteiger partial charge in [-0.15, -0.1) is 0 Å². The number of hydrogen-bond donors (Lipinski definition) is 1. The van der Waals surface area contributed by atoms with Crippen LogP contribution in [0.2, 0.25) is 0 Å². The van der Waals surface area contributed by atoms with Crippen molar-refractivity contribution in [3.05, 3.63) is 89.5 Å². The number of para-hydroxylation sites is 1. The van der Waals surface area contributed by atoms with E-state index in [1.165, 1.54) is 25.3 Å². The number of fused-ring (bicyclic) bond motifs is 1. The molecule has 3 amide bonds. The quantitative estimate of drug-likeness (QED) is 0.262. The summed E-state index contributed by atoms with van der Waals surface area (Å²) in [6.07, 6.45) is 0.509. The van der Waals surface area contributed by atoms with Crippen molar-refractivity contribution >= 4 is 29.4 Å². The topological polar surface area (TPSA) is 111 Å². The predicted molar refractivity (Wildman–Crippen MR) is 130 cm³/mol. The maximum atomic E-state index is 12.6. The third kappa shape index (κ3) is 5.76. The average Bonchev–Trinajstić information content (AvgIpc) is 3.13. The maximum absolute atomic E-state index is 12.6. The lowest BCUT2D eigenvalue weighted by molar-refractivity contribution is -0.119. The molecule has 0 fully saturated rings. The number of amides is 3. The van der Waals surface area contributed by atoms with Gasteiger partial charge in [0.05, 0.1) is 16.7 Å². The van der Waals surface area contributed by atoms with E-state index in [1.807, 2.05) is 30.3 Å². The Bertz CT molecular complexity index is 1270. The van der Waals surface area contributed by atoms with Crippen LogP contribution in [0, 0.1) is 0 Å². The summed E-state index contributed by atoms with van der Waals surface area (Å²) >= 11 is 0. The van der Waals surface area contributed by atoms with Gasteiger partial charge in [-0.25, -0.2) is 4.79 Å². The Hall–Kier alpha value is -4.50.